The van der Waals surface area contributed by atoms with E-state index in [1.807, 2.05) is 6.20 Å². The highest BCUT2D eigenvalue weighted by Crippen LogP contribution is 2.21. The lowest BCUT2D eigenvalue weighted by Crippen LogP contribution is -2.51. The van der Waals surface area contributed by atoms with Crippen LogP contribution in [0.2, 0.25) is 0 Å². The van der Waals surface area contributed by atoms with E-state index in [9.17, 15) is 4.79 Å². The van der Waals surface area contributed by atoms with Crippen molar-refractivity contribution in [3.63, 3.8) is 0 Å². The molecule has 1 N–H and O–H groups in total. The molecule has 0 saturated carbocycles. The number of nitrogens with zero attached hydrogens (tertiary/aromatic N) is 3. The summed E-state index contributed by atoms with van der Waals surface area (Å²) in [5.74, 6) is 0.649. The number of aromatic nitrogens is 1. The molecule has 0 aliphatic carbocycles. The van der Waals surface area contributed by atoms with Crippen LogP contribution in [0.4, 0.5) is 0 Å². The summed E-state index contributed by atoms with van der Waals surface area (Å²) in [6.45, 7) is 13.9. The first-order valence-corrected chi connectivity index (χ1v) is 9.48. The number of hydrogen-bond acceptors (Lipinski definition) is 5. The highest BCUT2D eigenvalue weighted by molar-refractivity contribution is 7.11. The van der Waals surface area contributed by atoms with Crippen molar-refractivity contribution in [2.24, 2.45) is 5.92 Å². The van der Waals surface area contributed by atoms with Gasteiger partial charge in [0.1, 0.15) is 0 Å². The van der Waals surface area contributed by atoms with E-state index in [0.29, 0.717) is 18.5 Å². The maximum Gasteiger partial charge on any atom is 0.234 e. The average Bonchev–Trinajstić information content (AvgIpc) is 2.92. The molecule has 23 heavy (non-hydrogen) atoms. The predicted octanol–water partition coefficient (Wildman–Crippen LogP) is 2.12. The van der Waals surface area contributed by atoms with Gasteiger partial charge in [0.25, 0.3) is 0 Å². The van der Waals surface area contributed by atoms with Gasteiger partial charge in [-0.3, -0.25) is 14.6 Å². The monoisotopic (exact) mass is 338 g/mol. The van der Waals surface area contributed by atoms with Gasteiger partial charge in [-0.05, 0) is 32.4 Å². The van der Waals surface area contributed by atoms with Crippen LogP contribution < -0.4 is 5.32 Å². The van der Waals surface area contributed by atoms with E-state index in [0.717, 1.165) is 44.2 Å². The van der Waals surface area contributed by atoms with Crippen molar-refractivity contribution in [3.8, 4) is 0 Å². The minimum absolute atomic E-state index is 0.164. The third-order valence-corrected chi connectivity index (χ3v) is 5.54. The zero-order valence-corrected chi connectivity index (χ0v) is 15.7. The summed E-state index contributed by atoms with van der Waals surface area (Å²) in [5.41, 5.74) is 0. The molecule has 1 amide bonds. The zero-order chi connectivity index (χ0) is 16.8. The molecule has 5 nitrogen and oxygen atoms in total. The predicted molar refractivity (Wildman–Crippen MR) is 95.6 cm³/mol. The zero-order valence-electron chi connectivity index (χ0n) is 14.8. The molecule has 1 aliphatic rings. The first kappa shape index (κ1) is 18.4. The maximum absolute atomic E-state index is 12.2. The van der Waals surface area contributed by atoms with Gasteiger partial charge in [0, 0.05) is 36.8 Å². The van der Waals surface area contributed by atoms with E-state index in [2.05, 4.69) is 47.8 Å². The fraction of sp³-hybridized carbons (Fsp3) is 0.765. The van der Waals surface area contributed by atoms with Crippen LogP contribution in [0.3, 0.4) is 0 Å². The van der Waals surface area contributed by atoms with Crippen LogP contribution in [-0.4, -0.2) is 59.5 Å². The van der Waals surface area contributed by atoms with Gasteiger partial charge < -0.3 is 5.32 Å². The summed E-state index contributed by atoms with van der Waals surface area (Å²) in [6, 6.07) is 0.303. The van der Waals surface area contributed by atoms with Crippen LogP contribution in [0.1, 0.15) is 37.1 Å². The van der Waals surface area contributed by atoms with Crippen molar-refractivity contribution in [2.45, 2.75) is 46.7 Å². The summed E-state index contributed by atoms with van der Waals surface area (Å²) in [7, 11) is 0. The Labute approximate surface area is 144 Å². The number of aryl methyl sites for hydroxylation is 1. The van der Waals surface area contributed by atoms with Gasteiger partial charge in [0.15, 0.2) is 0 Å². The van der Waals surface area contributed by atoms with Crippen LogP contribution in [0.15, 0.2) is 6.20 Å². The van der Waals surface area contributed by atoms with Crippen molar-refractivity contribution in [1.29, 1.82) is 0 Å². The van der Waals surface area contributed by atoms with Gasteiger partial charge in [-0.2, -0.15) is 0 Å². The Hall–Kier alpha value is -0.980. The lowest BCUT2D eigenvalue weighted by molar-refractivity contribution is -0.123. The summed E-state index contributed by atoms with van der Waals surface area (Å²) in [4.78, 5) is 22.5. The number of hydrogen-bond donors (Lipinski definition) is 1. The number of piperidine rings is 1. The first-order chi connectivity index (χ1) is 11.0. The quantitative estimate of drug-likeness (QED) is 0.827. The number of likely N-dealkylation sites (tertiary alicyclic amines) is 1. The Morgan fingerprint density at radius 1 is 1.48 bits per heavy atom. The standard InChI is InChI=1S/C17H30N4OS/c1-5-20(6-2)12-17(22)19-16-7-8-21(10-13(16)3)11-15-9-18-14(4)23-15/h9,13,16H,5-8,10-12H2,1-4H3,(H,19,22)/t13-,16+/m1/s1. The Balaban J connectivity index is 1.78. The molecule has 1 saturated heterocycles. The molecule has 0 spiro atoms. The molecule has 1 aromatic heterocycles. The lowest BCUT2D eigenvalue weighted by Gasteiger charge is -2.37. The summed E-state index contributed by atoms with van der Waals surface area (Å²) in [5, 5.41) is 4.37. The molecule has 1 fully saturated rings. The third-order valence-electron chi connectivity index (χ3n) is 4.65. The van der Waals surface area contributed by atoms with Crippen molar-refractivity contribution in [1.82, 2.24) is 20.1 Å². The number of likely N-dealkylation sites (N-methyl/N-ethyl adjacent to an activating group) is 1. The van der Waals surface area contributed by atoms with E-state index < -0.39 is 0 Å². The molecule has 1 aromatic rings. The Kier molecular flexibility index (Phi) is 6.99. The van der Waals surface area contributed by atoms with Gasteiger partial charge in [-0.15, -0.1) is 11.3 Å². The Morgan fingerprint density at radius 3 is 2.78 bits per heavy atom. The highest BCUT2D eigenvalue weighted by atomic mass is 32.1. The smallest absolute Gasteiger partial charge is 0.234 e. The number of carbonyl (C=O) groups excluding carboxylic acids is 1. The van der Waals surface area contributed by atoms with Gasteiger partial charge in [-0.25, -0.2) is 4.98 Å². The molecule has 2 rings (SSSR count). The van der Waals surface area contributed by atoms with Crippen molar-refractivity contribution < 1.29 is 4.79 Å². The second kappa shape index (κ2) is 8.76. The Bertz CT molecular complexity index is 501. The van der Waals surface area contributed by atoms with Gasteiger partial charge in [0.05, 0.1) is 11.6 Å². The first-order valence-electron chi connectivity index (χ1n) is 8.67. The van der Waals surface area contributed by atoms with Crippen LogP contribution in [-0.2, 0) is 11.3 Å². The SMILES string of the molecule is CCN(CC)CC(=O)N[C@H]1CCN(Cc2cnc(C)s2)C[C@H]1C. The molecule has 0 radical (unpaired) electrons. The van der Waals surface area contributed by atoms with Crippen molar-refractivity contribution in [2.75, 3.05) is 32.7 Å². The lowest BCUT2D eigenvalue weighted by atomic mass is 9.93. The molecule has 0 aromatic carbocycles. The van der Waals surface area contributed by atoms with Crippen molar-refractivity contribution >= 4 is 17.2 Å². The van der Waals surface area contributed by atoms with Crippen LogP contribution in [0.5, 0.6) is 0 Å². The molecule has 0 unspecified atom stereocenters. The maximum atomic E-state index is 12.2. The molecular formula is C17H30N4OS. The minimum Gasteiger partial charge on any atom is -0.352 e. The number of thiazole rings is 1. The molecular weight excluding hydrogens is 308 g/mol. The van der Waals surface area contributed by atoms with E-state index in [1.165, 1.54) is 4.88 Å². The second-order valence-electron chi connectivity index (χ2n) is 6.48. The molecule has 1 aliphatic heterocycles. The third kappa shape index (κ3) is 5.55. The van der Waals surface area contributed by atoms with E-state index in [4.69, 9.17) is 0 Å². The van der Waals surface area contributed by atoms with E-state index in [-0.39, 0.29) is 5.91 Å². The second-order valence-corrected chi connectivity index (χ2v) is 7.80. The average molecular weight is 339 g/mol. The van der Waals surface area contributed by atoms with Crippen LogP contribution in [0.25, 0.3) is 0 Å². The molecule has 6 heteroatoms. The summed E-state index contributed by atoms with van der Waals surface area (Å²) >= 11 is 1.78. The number of rotatable bonds is 7. The summed E-state index contributed by atoms with van der Waals surface area (Å²) < 4.78 is 0. The normalized spacial score (nSPS) is 22.5. The largest absolute Gasteiger partial charge is 0.352 e. The molecule has 2 heterocycles. The van der Waals surface area contributed by atoms with Gasteiger partial charge in [-0.1, -0.05) is 20.8 Å². The number of nitrogens with one attached hydrogen (secondary N) is 1. The summed E-state index contributed by atoms with van der Waals surface area (Å²) in [6.07, 6.45) is 3.02. The van der Waals surface area contributed by atoms with Gasteiger partial charge in [0.2, 0.25) is 5.91 Å². The van der Waals surface area contributed by atoms with Gasteiger partial charge >= 0.3 is 0 Å². The van der Waals surface area contributed by atoms with Crippen LogP contribution >= 0.6 is 11.3 Å². The van der Waals surface area contributed by atoms with E-state index >= 15 is 0 Å². The number of amides is 1. The number of carbonyl (C=O) groups is 1. The Morgan fingerprint density at radius 2 is 2.22 bits per heavy atom. The topological polar surface area (TPSA) is 48.5 Å². The fourth-order valence-electron chi connectivity index (χ4n) is 3.19. The molecule has 130 valence electrons. The molecule has 0 bridgehead atoms. The minimum atomic E-state index is 0.164. The van der Waals surface area contributed by atoms with Crippen molar-refractivity contribution in [3.05, 3.63) is 16.1 Å². The highest BCUT2D eigenvalue weighted by Gasteiger charge is 2.27. The fourth-order valence-corrected chi connectivity index (χ4v) is 4.03. The molecule has 2 atom stereocenters. The van der Waals surface area contributed by atoms with Crippen LogP contribution in [0, 0.1) is 12.8 Å². The van der Waals surface area contributed by atoms with E-state index in [1.54, 1.807) is 11.3 Å².